The Morgan fingerprint density at radius 3 is 2.62 bits per heavy atom. The number of ether oxygens (including phenoxy) is 1. The van der Waals surface area contributed by atoms with E-state index in [1.165, 1.54) is 12.3 Å². The average Bonchev–Trinajstić information content (AvgIpc) is 3.11. The van der Waals surface area contributed by atoms with E-state index in [4.69, 9.17) is 9.15 Å². The topological polar surface area (TPSA) is 88.8 Å². The number of nitrogens with one attached hydrogen (secondary N) is 1. The maximum absolute atomic E-state index is 12.7. The minimum Gasteiger partial charge on any atom is -0.496 e. The predicted octanol–water partition coefficient (Wildman–Crippen LogP) is 2.57. The number of imide groups is 2. The van der Waals surface area contributed by atoms with Gasteiger partial charge in [-0.3, -0.25) is 19.8 Å². The van der Waals surface area contributed by atoms with Crippen LogP contribution in [0.5, 0.6) is 5.75 Å². The smallest absolute Gasteiger partial charge is 0.331 e. The first-order chi connectivity index (χ1) is 12.4. The molecular weight excluding hydrogens is 336 g/mol. The summed E-state index contributed by atoms with van der Waals surface area (Å²) >= 11 is 0. The zero-order valence-electron chi connectivity index (χ0n) is 14.7. The molecule has 4 amide bonds. The first-order valence-corrected chi connectivity index (χ1v) is 7.97. The lowest BCUT2D eigenvalue weighted by molar-refractivity contribution is -0.130. The van der Waals surface area contributed by atoms with Crippen molar-refractivity contribution in [3.8, 4) is 5.75 Å². The molecule has 0 bridgehead atoms. The third-order valence-electron chi connectivity index (χ3n) is 4.16. The predicted molar refractivity (Wildman–Crippen MR) is 93.2 cm³/mol. The Balaban J connectivity index is 1.96. The molecular formula is C19H18N2O5. The van der Waals surface area contributed by atoms with Gasteiger partial charge in [-0.15, -0.1) is 0 Å². The lowest BCUT2D eigenvalue weighted by Gasteiger charge is -2.25. The van der Waals surface area contributed by atoms with Crippen molar-refractivity contribution in [2.24, 2.45) is 0 Å². The second kappa shape index (κ2) is 6.87. The van der Waals surface area contributed by atoms with Crippen LogP contribution >= 0.6 is 0 Å². The number of hydrogen-bond acceptors (Lipinski definition) is 5. The average molecular weight is 354 g/mol. The molecule has 0 saturated carbocycles. The van der Waals surface area contributed by atoms with E-state index in [0.29, 0.717) is 11.3 Å². The summed E-state index contributed by atoms with van der Waals surface area (Å²) in [6, 6.07) is 6.20. The molecule has 0 unspecified atom stereocenters. The number of barbiturate groups is 1. The van der Waals surface area contributed by atoms with Crippen molar-refractivity contribution in [1.82, 2.24) is 10.2 Å². The Bertz CT molecular complexity index is 912. The number of carbonyl (C=O) groups is 3. The zero-order chi connectivity index (χ0) is 18.8. The third-order valence-corrected chi connectivity index (χ3v) is 4.16. The van der Waals surface area contributed by atoms with Gasteiger partial charge in [0.25, 0.3) is 11.8 Å². The van der Waals surface area contributed by atoms with Gasteiger partial charge in [-0.25, -0.2) is 4.79 Å². The van der Waals surface area contributed by atoms with Crippen LogP contribution in [0.15, 0.2) is 40.5 Å². The van der Waals surface area contributed by atoms with E-state index in [1.54, 1.807) is 19.2 Å². The molecule has 7 heteroatoms. The highest BCUT2D eigenvalue weighted by molar-refractivity contribution is 6.31. The quantitative estimate of drug-likeness (QED) is 0.673. The van der Waals surface area contributed by atoms with E-state index in [-0.39, 0.29) is 12.1 Å². The molecule has 134 valence electrons. The number of methoxy groups -OCH3 is 1. The molecule has 7 nitrogen and oxygen atoms in total. The van der Waals surface area contributed by atoms with Gasteiger partial charge in [-0.1, -0.05) is 0 Å². The monoisotopic (exact) mass is 354 g/mol. The zero-order valence-corrected chi connectivity index (χ0v) is 14.7. The normalized spacial score (nSPS) is 16.2. The van der Waals surface area contributed by atoms with Gasteiger partial charge in [-0.2, -0.15) is 0 Å². The molecule has 1 aliphatic rings. The first kappa shape index (κ1) is 17.5. The fourth-order valence-electron chi connectivity index (χ4n) is 2.74. The fraction of sp³-hybridized carbons (Fsp3) is 0.211. The van der Waals surface area contributed by atoms with Crippen molar-refractivity contribution < 1.29 is 23.5 Å². The van der Waals surface area contributed by atoms with E-state index in [2.05, 4.69) is 5.32 Å². The van der Waals surface area contributed by atoms with Gasteiger partial charge in [0, 0.05) is 0 Å². The molecule has 1 aromatic heterocycles. The van der Waals surface area contributed by atoms with Crippen molar-refractivity contribution in [3.63, 3.8) is 0 Å². The van der Waals surface area contributed by atoms with Crippen LogP contribution in [-0.2, 0) is 16.1 Å². The molecule has 2 aromatic rings. The summed E-state index contributed by atoms with van der Waals surface area (Å²) in [7, 11) is 1.58. The first-order valence-electron chi connectivity index (χ1n) is 7.97. The van der Waals surface area contributed by atoms with E-state index < -0.39 is 17.8 Å². The standard InChI is InChI=1S/C19H18N2O5/c1-11-8-16(25-3)12(2)7-13(11)9-15-17(22)20-19(24)21(18(15)23)10-14-5-4-6-26-14/h4-9H,10H2,1-3H3,(H,20,22,24). The number of furan rings is 1. The van der Waals surface area contributed by atoms with Gasteiger partial charge in [0.1, 0.15) is 17.1 Å². The van der Waals surface area contributed by atoms with Crippen LogP contribution < -0.4 is 10.1 Å². The van der Waals surface area contributed by atoms with Gasteiger partial charge in [-0.05, 0) is 60.9 Å². The summed E-state index contributed by atoms with van der Waals surface area (Å²) in [6.07, 6.45) is 2.94. The van der Waals surface area contributed by atoms with Crippen LogP contribution in [0.25, 0.3) is 6.08 Å². The molecule has 2 heterocycles. The highest BCUT2D eigenvalue weighted by Gasteiger charge is 2.36. The Hall–Kier alpha value is -3.35. The van der Waals surface area contributed by atoms with Crippen molar-refractivity contribution in [2.45, 2.75) is 20.4 Å². The van der Waals surface area contributed by atoms with Crippen molar-refractivity contribution >= 4 is 23.9 Å². The van der Waals surface area contributed by atoms with Crippen LogP contribution in [0.3, 0.4) is 0 Å². The van der Waals surface area contributed by atoms with E-state index >= 15 is 0 Å². The summed E-state index contributed by atoms with van der Waals surface area (Å²) < 4.78 is 10.5. The molecule has 1 aliphatic heterocycles. The van der Waals surface area contributed by atoms with E-state index in [1.807, 2.05) is 26.0 Å². The number of hydrogen-bond donors (Lipinski definition) is 1. The van der Waals surface area contributed by atoms with Gasteiger partial charge in [0.15, 0.2) is 0 Å². The largest absolute Gasteiger partial charge is 0.496 e. The fourth-order valence-corrected chi connectivity index (χ4v) is 2.74. The van der Waals surface area contributed by atoms with Crippen LogP contribution in [0, 0.1) is 13.8 Å². The Kier molecular flexibility index (Phi) is 4.62. The molecule has 1 aromatic carbocycles. The summed E-state index contributed by atoms with van der Waals surface area (Å²) in [5, 5.41) is 2.19. The van der Waals surface area contributed by atoms with E-state index in [0.717, 1.165) is 21.8 Å². The Labute approximate surface area is 150 Å². The second-order valence-corrected chi connectivity index (χ2v) is 5.97. The maximum Gasteiger partial charge on any atom is 0.331 e. The van der Waals surface area contributed by atoms with Gasteiger partial charge in [0.05, 0.1) is 19.9 Å². The number of nitrogens with zero attached hydrogens (tertiary/aromatic N) is 1. The summed E-state index contributed by atoms with van der Waals surface area (Å²) in [4.78, 5) is 37.9. The summed E-state index contributed by atoms with van der Waals surface area (Å²) in [5.74, 6) is -0.219. The summed E-state index contributed by atoms with van der Waals surface area (Å²) in [5.41, 5.74) is 2.31. The van der Waals surface area contributed by atoms with Crippen molar-refractivity contribution in [3.05, 3.63) is 58.6 Å². The highest BCUT2D eigenvalue weighted by atomic mass is 16.5. The number of benzene rings is 1. The van der Waals surface area contributed by atoms with Crippen LogP contribution in [0.1, 0.15) is 22.5 Å². The van der Waals surface area contributed by atoms with Crippen LogP contribution in [-0.4, -0.2) is 29.9 Å². The lowest BCUT2D eigenvalue weighted by atomic mass is 10.0. The second-order valence-electron chi connectivity index (χ2n) is 5.97. The minimum atomic E-state index is -0.767. The Morgan fingerprint density at radius 2 is 1.96 bits per heavy atom. The molecule has 0 spiro atoms. The van der Waals surface area contributed by atoms with Crippen molar-refractivity contribution in [2.75, 3.05) is 7.11 Å². The van der Waals surface area contributed by atoms with Crippen LogP contribution in [0.4, 0.5) is 4.79 Å². The molecule has 3 rings (SSSR count). The van der Waals surface area contributed by atoms with Crippen molar-refractivity contribution in [1.29, 1.82) is 0 Å². The third kappa shape index (κ3) is 3.23. The minimum absolute atomic E-state index is 0.0527. The number of amides is 4. The Morgan fingerprint density at radius 1 is 1.19 bits per heavy atom. The lowest BCUT2D eigenvalue weighted by Crippen LogP contribution is -2.53. The van der Waals surface area contributed by atoms with Gasteiger partial charge < -0.3 is 9.15 Å². The highest BCUT2D eigenvalue weighted by Crippen LogP contribution is 2.25. The number of urea groups is 1. The maximum atomic E-state index is 12.7. The molecule has 26 heavy (non-hydrogen) atoms. The molecule has 0 radical (unpaired) electrons. The molecule has 1 saturated heterocycles. The number of carbonyl (C=O) groups excluding carboxylic acids is 3. The SMILES string of the molecule is COc1cc(C)c(C=C2C(=O)NC(=O)N(Cc3ccco3)C2=O)cc1C. The van der Waals surface area contributed by atoms with Gasteiger partial charge in [0.2, 0.25) is 0 Å². The molecule has 0 aliphatic carbocycles. The molecule has 1 N–H and O–H groups in total. The van der Waals surface area contributed by atoms with E-state index in [9.17, 15) is 14.4 Å². The number of rotatable bonds is 4. The molecule has 0 atom stereocenters. The molecule has 1 fully saturated rings. The summed E-state index contributed by atoms with van der Waals surface area (Å²) in [6.45, 7) is 3.67. The van der Waals surface area contributed by atoms with Gasteiger partial charge >= 0.3 is 6.03 Å². The number of aryl methyl sites for hydroxylation is 2. The van der Waals surface area contributed by atoms with Crippen LogP contribution in [0.2, 0.25) is 0 Å².